The Bertz CT molecular complexity index is 1060. The smallest absolute Gasteiger partial charge is 0.417 e. The van der Waals surface area contributed by atoms with Crippen molar-refractivity contribution in [2.24, 2.45) is 0 Å². The number of halogens is 4. The number of nitrogens with one attached hydrogen (secondary N) is 1. The van der Waals surface area contributed by atoms with Gasteiger partial charge < -0.3 is 14.5 Å². The Balaban J connectivity index is 1.49. The van der Waals surface area contributed by atoms with Gasteiger partial charge in [-0.1, -0.05) is 12.8 Å². The van der Waals surface area contributed by atoms with Crippen LogP contribution in [0.1, 0.15) is 48.7 Å². The molecular formula is C22H21F4N3O2. The van der Waals surface area contributed by atoms with E-state index in [1.165, 1.54) is 20.0 Å². The lowest BCUT2D eigenvalue weighted by Crippen LogP contribution is -2.09. The first-order valence-electron chi connectivity index (χ1n) is 9.93. The number of H-pyrrole nitrogens is 1. The third-order valence-corrected chi connectivity index (χ3v) is 5.42. The normalized spacial score (nSPS) is 14.7. The Labute approximate surface area is 176 Å². The summed E-state index contributed by atoms with van der Waals surface area (Å²) in [5.74, 6) is 1.09. The summed E-state index contributed by atoms with van der Waals surface area (Å²) in [6.07, 6.45) is 2.42. The second-order valence-corrected chi connectivity index (χ2v) is 7.47. The van der Waals surface area contributed by atoms with E-state index in [2.05, 4.69) is 15.0 Å². The minimum atomic E-state index is -4.66. The van der Waals surface area contributed by atoms with Gasteiger partial charge in [-0.15, -0.1) is 0 Å². The van der Waals surface area contributed by atoms with Crippen LogP contribution in [-0.2, 0) is 12.8 Å². The fourth-order valence-corrected chi connectivity index (χ4v) is 3.72. The molecule has 1 N–H and O–H groups in total. The SMILES string of the molecule is COc1cc(-c2cnc(C3CCCC3)[nH]2)ccc1OCc1ncc(C(F)(F)F)cc1F. The van der Waals surface area contributed by atoms with Crippen LogP contribution in [0.5, 0.6) is 11.5 Å². The zero-order valence-corrected chi connectivity index (χ0v) is 16.8. The predicted octanol–water partition coefficient (Wildman–Crippen LogP) is 5.87. The van der Waals surface area contributed by atoms with Gasteiger partial charge in [-0.05, 0) is 37.1 Å². The first kappa shape index (κ1) is 21.1. The van der Waals surface area contributed by atoms with E-state index < -0.39 is 17.6 Å². The van der Waals surface area contributed by atoms with E-state index in [0.717, 1.165) is 29.9 Å². The second kappa shape index (κ2) is 8.56. The number of rotatable bonds is 6. The van der Waals surface area contributed by atoms with Crippen molar-refractivity contribution in [1.82, 2.24) is 15.0 Å². The Kier molecular flexibility index (Phi) is 5.84. The molecule has 0 saturated heterocycles. The summed E-state index contributed by atoms with van der Waals surface area (Å²) in [7, 11) is 1.47. The number of ether oxygens (including phenoxy) is 2. The summed E-state index contributed by atoms with van der Waals surface area (Å²) in [5.41, 5.74) is 0.322. The molecule has 4 rings (SSSR count). The van der Waals surface area contributed by atoms with Crippen LogP contribution in [0.2, 0.25) is 0 Å². The van der Waals surface area contributed by atoms with Crippen LogP contribution in [0.3, 0.4) is 0 Å². The van der Waals surface area contributed by atoms with Crippen molar-refractivity contribution < 1.29 is 27.0 Å². The largest absolute Gasteiger partial charge is 0.493 e. The van der Waals surface area contributed by atoms with Gasteiger partial charge in [0.15, 0.2) is 11.5 Å². The monoisotopic (exact) mass is 435 g/mol. The average molecular weight is 435 g/mol. The molecule has 0 spiro atoms. The summed E-state index contributed by atoms with van der Waals surface area (Å²) in [6.45, 7) is -0.338. The molecule has 0 aliphatic heterocycles. The fourth-order valence-electron chi connectivity index (χ4n) is 3.72. The van der Waals surface area contributed by atoms with Gasteiger partial charge in [0, 0.05) is 17.7 Å². The number of hydrogen-bond donors (Lipinski definition) is 1. The van der Waals surface area contributed by atoms with Gasteiger partial charge in [0.05, 0.1) is 24.6 Å². The Morgan fingerprint density at radius 2 is 1.84 bits per heavy atom. The van der Waals surface area contributed by atoms with E-state index in [-0.39, 0.29) is 12.3 Å². The number of alkyl halides is 3. The molecule has 0 amide bonds. The maximum absolute atomic E-state index is 14.0. The topological polar surface area (TPSA) is 60.0 Å². The lowest BCUT2D eigenvalue weighted by Gasteiger charge is -2.13. The summed E-state index contributed by atoms with van der Waals surface area (Å²) in [4.78, 5) is 11.4. The maximum Gasteiger partial charge on any atom is 0.417 e. The Hall–Kier alpha value is -3.10. The van der Waals surface area contributed by atoms with Gasteiger partial charge in [-0.3, -0.25) is 4.98 Å². The molecule has 3 aromatic rings. The zero-order valence-electron chi connectivity index (χ0n) is 16.8. The first-order chi connectivity index (χ1) is 14.8. The van der Waals surface area contributed by atoms with E-state index in [9.17, 15) is 17.6 Å². The van der Waals surface area contributed by atoms with Crippen molar-refractivity contribution in [2.45, 2.75) is 44.4 Å². The van der Waals surface area contributed by atoms with Crippen LogP contribution in [0.15, 0.2) is 36.7 Å². The molecule has 5 nitrogen and oxygen atoms in total. The highest BCUT2D eigenvalue weighted by atomic mass is 19.4. The molecule has 1 aliphatic carbocycles. The molecule has 31 heavy (non-hydrogen) atoms. The molecule has 1 aliphatic rings. The maximum atomic E-state index is 14.0. The molecule has 9 heteroatoms. The number of benzene rings is 1. The van der Waals surface area contributed by atoms with Crippen molar-refractivity contribution in [2.75, 3.05) is 7.11 Å². The number of aromatic nitrogens is 3. The van der Waals surface area contributed by atoms with E-state index in [0.29, 0.717) is 29.7 Å². The number of imidazole rings is 1. The highest BCUT2D eigenvalue weighted by molar-refractivity contribution is 5.63. The zero-order chi connectivity index (χ0) is 22.0. The van der Waals surface area contributed by atoms with Crippen molar-refractivity contribution in [1.29, 1.82) is 0 Å². The average Bonchev–Trinajstić information content (AvgIpc) is 3.44. The summed E-state index contributed by atoms with van der Waals surface area (Å²) in [6, 6.07) is 5.64. The van der Waals surface area contributed by atoms with Gasteiger partial charge in [0.1, 0.15) is 23.9 Å². The number of pyridine rings is 1. The van der Waals surface area contributed by atoms with E-state index in [1.54, 1.807) is 24.4 Å². The van der Waals surface area contributed by atoms with Crippen molar-refractivity contribution in [3.05, 3.63) is 59.6 Å². The summed E-state index contributed by atoms with van der Waals surface area (Å²) in [5, 5.41) is 0. The molecule has 0 unspecified atom stereocenters. The van der Waals surface area contributed by atoms with E-state index in [1.807, 2.05) is 0 Å². The number of methoxy groups -OCH3 is 1. The minimum absolute atomic E-state index is 0.228. The molecule has 0 bridgehead atoms. The quantitative estimate of drug-likeness (QED) is 0.492. The predicted molar refractivity (Wildman–Crippen MR) is 105 cm³/mol. The van der Waals surface area contributed by atoms with Crippen LogP contribution >= 0.6 is 0 Å². The highest BCUT2D eigenvalue weighted by Crippen LogP contribution is 2.36. The first-order valence-corrected chi connectivity index (χ1v) is 9.93. The van der Waals surface area contributed by atoms with Crippen LogP contribution < -0.4 is 9.47 Å². The van der Waals surface area contributed by atoms with Gasteiger partial charge in [0.2, 0.25) is 0 Å². The molecular weight excluding hydrogens is 414 g/mol. The molecule has 1 saturated carbocycles. The molecule has 1 fully saturated rings. The third kappa shape index (κ3) is 4.65. The molecule has 0 atom stereocenters. The van der Waals surface area contributed by atoms with Crippen LogP contribution in [-0.4, -0.2) is 22.1 Å². The minimum Gasteiger partial charge on any atom is -0.493 e. The number of hydrogen-bond acceptors (Lipinski definition) is 4. The number of aromatic amines is 1. The highest BCUT2D eigenvalue weighted by Gasteiger charge is 2.32. The Morgan fingerprint density at radius 1 is 1.06 bits per heavy atom. The molecule has 0 radical (unpaired) electrons. The lowest BCUT2D eigenvalue weighted by atomic mass is 10.1. The summed E-state index contributed by atoms with van der Waals surface area (Å²) >= 11 is 0. The van der Waals surface area contributed by atoms with Crippen molar-refractivity contribution >= 4 is 0 Å². The van der Waals surface area contributed by atoms with Crippen molar-refractivity contribution in [3.63, 3.8) is 0 Å². The number of nitrogens with zero attached hydrogens (tertiary/aromatic N) is 2. The standard InChI is InChI=1S/C22H21F4N3O2/c1-30-20-8-14(17-11-28-21(29-17)13-4-2-3-5-13)6-7-19(20)31-12-18-16(23)9-15(10-27-18)22(24,25)26/h6-11,13H,2-5,12H2,1H3,(H,28,29). The molecule has 2 heterocycles. The van der Waals surface area contributed by atoms with Gasteiger partial charge in [-0.25, -0.2) is 9.37 Å². The molecule has 2 aromatic heterocycles. The van der Waals surface area contributed by atoms with Crippen molar-refractivity contribution in [3.8, 4) is 22.8 Å². The third-order valence-electron chi connectivity index (χ3n) is 5.42. The van der Waals surface area contributed by atoms with Crippen LogP contribution in [0.25, 0.3) is 11.3 Å². The van der Waals surface area contributed by atoms with Gasteiger partial charge in [0.25, 0.3) is 0 Å². The molecule has 164 valence electrons. The van der Waals surface area contributed by atoms with Gasteiger partial charge >= 0.3 is 6.18 Å². The van der Waals surface area contributed by atoms with Crippen LogP contribution in [0.4, 0.5) is 17.6 Å². The van der Waals surface area contributed by atoms with E-state index in [4.69, 9.17) is 9.47 Å². The van der Waals surface area contributed by atoms with Gasteiger partial charge in [-0.2, -0.15) is 13.2 Å². The lowest BCUT2D eigenvalue weighted by molar-refractivity contribution is -0.138. The van der Waals surface area contributed by atoms with E-state index >= 15 is 0 Å². The van der Waals surface area contributed by atoms with Crippen LogP contribution in [0, 0.1) is 5.82 Å². The second-order valence-electron chi connectivity index (χ2n) is 7.47. The fraction of sp³-hybridized carbons (Fsp3) is 0.364. The summed E-state index contributed by atoms with van der Waals surface area (Å²) < 4.78 is 62.9. The molecule has 1 aromatic carbocycles. The Morgan fingerprint density at radius 3 is 2.52 bits per heavy atom.